The van der Waals surface area contributed by atoms with Crippen LogP contribution < -0.4 is 0 Å². The lowest BCUT2D eigenvalue weighted by atomic mass is 10.2. The fraction of sp³-hybridized carbons (Fsp3) is 0.143. The first-order valence-corrected chi connectivity index (χ1v) is 6.92. The highest BCUT2D eigenvalue weighted by Crippen LogP contribution is 2.23. The third-order valence-electron chi connectivity index (χ3n) is 2.74. The van der Waals surface area contributed by atoms with Crippen molar-refractivity contribution in [1.82, 2.24) is 9.88 Å². The van der Waals surface area contributed by atoms with E-state index < -0.39 is 0 Å². The SMILES string of the molecule is CN(Cc1ccc(Cl)c(Cl)c1)C(=O)c1cccnc1Cl. The minimum absolute atomic E-state index is 0.193. The molecule has 2 aromatic rings. The van der Waals surface area contributed by atoms with E-state index in [1.54, 1.807) is 36.2 Å². The number of halogens is 3. The van der Waals surface area contributed by atoms with Gasteiger partial charge in [0.2, 0.25) is 0 Å². The van der Waals surface area contributed by atoms with E-state index in [1.807, 2.05) is 6.07 Å². The first-order chi connectivity index (χ1) is 9.49. The number of carbonyl (C=O) groups excluding carboxylic acids is 1. The first kappa shape index (κ1) is 15.1. The van der Waals surface area contributed by atoms with Crippen LogP contribution >= 0.6 is 34.8 Å². The van der Waals surface area contributed by atoms with Crippen LogP contribution in [0.25, 0.3) is 0 Å². The first-order valence-electron chi connectivity index (χ1n) is 5.79. The lowest BCUT2D eigenvalue weighted by Gasteiger charge is -2.18. The average Bonchev–Trinajstić information content (AvgIpc) is 2.42. The molecule has 0 aliphatic rings. The summed E-state index contributed by atoms with van der Waals surface area (Å²) in [5, 5.41) is 1.14. The zero-order chi connectivity index (χ0) is 14.7. The van der Waals surface area contributed by atoms with E-state index in [4.69, 9.17) is 34.8 Å². The molecule has 0 aliphatic heterocycles. The standard InChI is InChI=1S/C14H11Cl3N2O/c1-19(8-9-4-5-11(15)12(16)7-9)14(20)10-3-2-6-18-13(10)17/h2-7H,8H2,1H3. The fourth-order valence-electron chi connectivity index (χ4n) is 1.73. The van der Waals surface area contributed by atoms with Gasteiger partial charge in [0.25, 0.3) is 5.91 Å². The molecule has 0 N–H and O–H groups in total. The van der Waals surface area contributed by atoms with Crippen LogP contribution in [0, 0.1) is 0 Å². The second-order valence-corrected chi connectivity index (χ2v) is 5.42. The predicted octanol–water partition coefficient (Wildman–Crippen LogP) is 4.31. The minimum atomic E-state index is -0.200. The molecule has 0 saturated carbocycles. The van der Waals surface area contributed by atoms with Crippen molar-refractivity contribution in [3.05, 3.63) is 62.9 Å². The van der Waals surface area contributed by atoms with Crippen LogP contribution in [-0.2, 0) is 6.54 Å². The Morgan fingerprint density at radius 3 is 2.60 bits per heavy atom. The third kappa shape index (κ3) is 3.42. The number of hydrogen-bond donors (Lipinski definition) is 0. The van der Waals surface area contributed by atoms with E-state index in [1.165, 1.54) is 6.20 Å². The summed E-state index contributed by atoms with van der Waals surface area (Å²) >= 11 is 17.7. The maximum absolute atomic E-state index is 12.3. The van der Waals surface area contributed by atoms with Gasteiger partial charge in [-0.25, -0.2) is 4.98 Å². The smallest absolute Gasteiger partial charge is 0.257 e. The number of nitrogens with zero attached hydrogens (tertiary/aromatic N) is 2. The van der Waals surface area contributed by atoms with Gasteiger partial charge >= 0.3 is 0 Å². The van der Waals surface area contributed by atoms with E-state index in [0.717, 1.165) is 5.56 Å². The van der Waals surface area contributed by atoms with Crippen LogP contribution in [-0.4, -0.2) is 22.8 Å². The lowest BCUT2D eigenvalue weighted by Crippen LogP contribution is -2.26. The Morgan fingerprint density at radius 1 is 1.20 bits per heavy atom. The Labute approximate surface area is 132 Å². The van der Waals surface area contributed by atoms with E-state index >= 15 is 0 Å². The second kappa shape index (κ2) is 6.44. The maximum Gasteiger partial charge on any atom is 0.257 e. The summed E-state index contributed by atoms with van der Waals surface area (Å²) in [6, 6.07) is 8.57. The van der Waals surface area contributed by atoms with Gasteiger partial charge in [-0.15, -0.1) is 0 Å². The van der Waals surface area contributed by atoms with Crippen LogP contribution in [0.1, 0.15) is 15.9 Å². The van der Waals surface area contributed by atoms with Crippen molar-refractivity contribution in [2.75, 3.05) is 7.05 Å². The van der Waals surface area contributed by atoms with E-state index in [0.29, 0.717) is 22.2 Å². The molecule has 0 unspecified atom stereocenters. The third-order valence-corrected chi connectivity index (χ3v) is 3.78. The Bertz CT molecular complexity index is 646. The van der Waals surface area contributed by atoms with Crippen LogP contribution in [0.15, 0.2) is 36.5 Å². The van der Waals surface area contributed by atoms with Crippen molar-refractivity contribution in [2.45, 2.75) is 6.54 Å². The van der Waals surface area contributed by atoms with Crippen molar-refractivity contribution in [3.63, 3.8) is 0 Å². The zero-order valence-corrected chi connectivity index (χ0v) is 12.9. The minimum Gasteiger partial charge on any atom is -0.337 e. The van der Waals surface area contributed by atoms with Gasteiger partial charge < -0.3 is 4.90 Å². The molecule has 0 bridgehead atoms. The normalized spacial score (nSPS) is 10.4. The van der Waals surface area contributed by atoms with Crippen LogP contribution in [0.4, 0.5) is 0 Å². The largest absolute Gasteiger partial charge is 0.337 e. The van der Waals surface area contributed by atoms with Gasteiger partial charge in [0.15, 0.2) is 0 Å². The molecule has 104 valence electrons. The molecule has 1 aromatic carbocycles. The van der Waals surface area contributed by atoms with Crippen molar-refractivity contribution < 1.29 is 4.79 Å². The summed E-state index contributed by atoms with van der Waals surface area (Å²) in [6.45, 7) is 0.404. The molecule has 0 spiro atoms. The molecule has 0 aliphatic carbocycles. The number of benzene rings is 1. The van der Waals surface area contributed by atoms with Gasteiger partial charge in [-0.1, -0.05) is 40.9 Å². The molecule has 1 heterocycles. The summed E-state index contributed by atoms with van der Waals surface area (Å²) in [6.07, 6.45) is 1.54. The molecule has 0 atom stereocenters. The topological polar surface area (TPSA) is 33.2 Å². The number of hydrogen-bond acceptors (Lipinski definition) is 2. The van der Waals surface area contributed by atoms with Crippen molar-refractivity contribution in [1.29, 1.82) is 0 Å². The number of carbonyl (C=O) groups is 1. The van der Waals surface area contributed by atoms with Gasteiger partial charge in [-0.2, -0.15) is 0 Å². The summed E-state index contributed by atoms with van der Waals surface area (Å²) in [7, 11) is 1.69. The fourth-order valence-corrected chi connectivity index (χ4v) is 2.26. The number of amides is 1. The van der Waals surface area contributed by atoms with Crippen LogP contribution in [0.3, 0.4) is 0 Å². The Hall–Kier alpha value is -1.29. The molecule has 2 rings (SSSR count). The lowest BCUT2D eigenvalue weighted by molar-refractivity contribution is 0.0785. The molecule has 1 aromatic heterocycles. The second-order valence-electron chi connectivity index (χ2n) is 4.25. The zero-order valence-electron chi connectivity index (χ0n) is 10.6. The Morgan fingerprint density at radius 2 is 1.95 bits per heavy atom. The maximum atomic E-state index is 12.3. The van der Waals surface area contributed by atoms with E-state index in [2.05, 4.69) is 4.98 Å². The van der Waals surface area contributed by atoms with Gasteiger partial charge in [0, 0.05) is 19.8 Å². The number of aromatic nitrogens is 1. The van der Waals surface area contributed by atoms with Gasteiger partial charge in [0.05, 0.1) is 15.6 Å². The Kier molecular flexibility index (Phi) is 4.86. The molecule has 0 fully saturated rings. The van der Waals surface area contributed by atoms with E-state index in [-0.39, 0.29) is 11.1 Å². The summed E-state index contributed by atoms with van der Waals surface area (Å²) in [5.74, 6) is -0.200. The molecular formula is C14H11Cl3N2O. The molecule has 1 amide bonds. The molecule has 0 saturated heterocycles. The summed E-state index contributed by atoms with van der Waals surface area (Å²) in [5.41, 5.74) is 1.26. The highest BCUT2D eigenvalue weighted by Gasteiger charge is 2.16. The summed E-state index contributed by atoms with van der Waals surface area (Å²) in [4.78, 5) is 17.7. The summed E-state index contributed by atoms with van der Waals surface area (Å²) < 4.78 is 0. The highest BCUT2D eigenvalue weighted by atomic mass is 35.5. The number of rotatable bonds is 3. The number of pyridine rings is 1. The van der Waals surface area contributed by atoms with Crippen molar-refractivity contribution in [3.8, 4) is 0 Å². The van der Waals surface area contributed by atoms with Gasteiger partial charge in [-0.3, -0.25) is 4.79 Å². The van der Waals surface area contributed by atoms with Gasteiger partial charge in [0.1, 0.15) is 5.15 Å². The molecule has 3 nitrogen and oxygen atoms in total. The van der Waals surface area contributed by atoms with Crippen molar-refractivity contribution in [2.24, 2.45) is 0 Å². The van der Waals surface area contributed by atoms with Crippen molar-refractivity contribution >= 4 is 40.7 Å². The highest BCUT2D eigenvalue weighted by molar-refractivity contribution is 6.42. The van der Waals surface area contributed by atoms with E-state index in [9.17, 15) is 4.79 Å². The Balaban J connectivity index is 2.15. The monoisotopic (exact) mass is 328 g/mol. The van der Waals surface area contributed by atoms with Gasteiger partial charge in [-0.05, 0) is 29.8 Å². The molecule has 6 heteroatoms. The molecule has 0 radical (unpaired) electrons. The predicted molar refractivity (Wildman–Crippen MR) is 81.5 cm³/mol. The van der Waals surface area contributed by atoms with Crippen LogP contribution in [0.5, 0.6) is 0 Å². The molecular weight excluding hydrogens is 319 g/mol. The molecule has 20 heavy (non-hydrogen) atoms. The van der Waals surface area contributed by atoms with Crippen LogP contribution in [0.2, 0.25) is 15.2 Å². The quantitative estimate of drug-likeness (QED) is 0.786. The average molecular weight is 330 g/mol.